The fourth-order valence-corrected chi connectivity index (χ4v) is 3.56. The van der Waals surface area contributed by atoms with Crippen molar-refractivity contribution in [2.75, 3.05) is 19.7 Å². The van der Waals surface area contributed by atoms with Crippen LogP contribution in [0.25, 0.3) is 10.8 Å². The van der Waals surface area contributed by atoms with Gasteiger partial charge in [-0.3, -0.25) is 24.4 Å². The molecule has 2 heterocycles. The normalized spacial score (nSPS) is 10.8. The molecule has 36 heavy (non-hydrogen) atoms. The minimum absolute atomic E-state index is 0.00452. The maximum absolute atomic E-state index is 12.2. The first-order valence-electron chi connectivity index (χ1n) is 11.0. The SMILES string of the molecule is Cc1nn(Cc2noc(C(=O)NCCNC(=O)COc3ccc4ccccc4c3)n2)c(C)c1[N+](=O)[O-]. The molecule has 2 amide bonds. The third-order valence-electron chi connectivity index (χ3n) is 5.30. The highest BCUT2D eigenvalue weighted by molar-refractivity contribution is 5.89. The molecule has 4 aromatic rings. The Labute approximate surface area is 204 Å². The van der Waals surface area contributed by atoms with E-state index < -0.39 is 10.8 Å². The lowest BCUT2D eigenvalue weighted by atomic mass is 10.1. The number of hydrogen-bond donors (Lipinski definition) is 2. The Morgan fingerprint density at radius 3 is 2.61 bits per heavy atom. The lowest BCUT2D eigenvalue weighted by Gasteiger charge is -2.08. The van der Waals surface area contributed by atoms with Gasteiger partial charge in [0.05, 0.1) is 4.92 Å². The predicted octanol–water partition coefficient (Wildman–Crippen LogP) is 1.92. The van der Waals surface area contributed by atoms with E-state index in [0.717, 1.165) is 10.8 Å². The molecule has 2 aromatic heterocycles. The summed E-state index contributed by atoms with van der Waals surface area (Å²) in [6, 6.07) is 13.4. The molecule has 2 N–H and O–H groups in total. The van der Waals surface area contributed by atoms with Crippen molar-refractivity contribution in [3.8, 4) is 5.75 Å². The van der Waals surface area contributed by atoms with Gasteiger partial charge in [-0.05, 0) is 36.8 Å². The number of nitrogens with one attached hydrogen (secondary N) is 2. The van der Waals surface area contributed by atoms with Crippen LogP contribution in [0.5, 0.6) is 5.75 Å². The van der Waals surface area contributed by atoms with Crippen molar-refractivity contribution >= 4 is 28.3 Å². The number of rotatable bonds is 10. The summed E-state index contributed by atoms with van der Waals surface area (Å²) in [5, 5.41) is 26.3. The van der Waals surface area contributed by atoms with Gasteiger partial charge in [-0.15, -0.1) is 0 Å². The van der Waals surface area contributed by atoms with Crippen LogP contribution >= 0.6 is 0 Å². The highest BCUT2D eigenvalue weighted by atomic mass is 16.6. The van der Waals surface area contributed by atoms with Crippen molar-refractivity contribution in [1.82, 2.24) is 30.6 Å². The molecule has 2 aromatic carbocycles. The fourth-order valence-electron chi connectivity index (χ4n) is 3.56. The number of fused-ring (bicyclic) bond motifs is 1. The van der Waals surface area contributed by atoms with E-state index in [0.29, 0.717) is 11.4 Å². The Hall–Kier alpha value is -4.81. The molecule has 0 spiro atoms. The number of aryl methyl sites for hydroxylation is 1. The van der Waals surface area contributed by atoms with E-state index in [-0.39, 0.29) is 55.2 Å². The van der Waals surface area contributed by atoms with Gasteiger partial charge in [-0.1, -0.05) is 35.5 Å². The topological polar surface area (TPSA) is 167 Å². The minimum Gasteiger partial charge on any atom is -0.484 e. The number of aromatic nitrogens is 4. The molecule has 0 aliphatic rings. The Kier molecular flexibility index (Phi) is 7.18. The zero-order valence-electron chi connectivity index (χ0n) is 19.6. The first-order valence-corrected chi connectivity index (χ1v) is 11.0. The second-order valence-corrected chi connectivity index (χ2v) is 7.85. The number of hydrogen-bond acceptors (Lipinski definition) is 9. The van der Waals surface area contributed by atoms with Gasteiger partial charge >= 0.3 is 17.5 Å². The molecule has 0 aliphatic heterocycles. The van der Waals surface area contributed by atoms with E-state index in [4.69, 9.17) is 9.26 Å². The summed E-state index contributed by atoms with van der Waals surface area (Å²) in [4.78, 5) is 38.9. The number of carbonyl (C=O) groups excluding carboxylic acids is 2. The van der Waals surface area contributed by atoms with E-state index in [1.165, 1.54) is 11.6 Å². The van der Waals surface area contributed by atoms with Crippen LogP contribution in [-0.4, -0.2) is 56.4 Å². The fraction of sp³-hybridized carbons (Fsp3) is 0.261. The molecule has 0 bridgehead atoms. The van der Waals surface area contributed by atoms with Gasteiger partial charge in [0.15, 0.2) is 12.4 Å². The number of nitrogens with zero attached hydrogens (tertiary/aromatic N) is 5. The summed E-state index contributed by atoms with van der Waals surface area (Å²) in [6.07, 6.45) is 0. The smallest absolute Gasteiger partial charge is 0.316 e. The average molecular weight is 493 g/mol. The van der Waals surface area contributed by atoms with Crippen LogP contribution in [0.15, 0.2) is 47.0 Å². The monoisotopic (exact) mass is 493 g/mol. The molecule has 0 aliphatic carbocycles. The van der Waals surface area contributed by atoms with Gasteiger partial charge in [-0.25, -0.2) is 0 Å². The van der Waals surface area contributed by atoms with Crippen LogP contribution < -0.4 is 15.4 Å². The highest BCUT2D eigenvalue weighted by Gasteiger charge is 2.23. The third kappa shape index (κ3) is 5.63. The quantitative estimate of drug-likeness (QED) is 0.190. The largest absolute Gasteiger partial charge is 0.484 e. The molecule has 13 nitrogen and oxygen atoms in total. The molecular formula is C23H23N7O6. The van der Waals surface area contributed by atoms with Gasteiger partial charge < -0.3 is 19.9 Å². The Morgan fingerprint density at radius 2 is 1.86 bits per heavy atom. The van der Waals surface area contributed by atoms with E-state index in [1.54, 1.807) is 13.0 Å². The summed E-state index contributed by atoms with van der Waals surface area (Å²) >= 11 is 0. The Balaban J connectivity index is 1.20. The van der Waals surface area contributed by atoms with E-state index in [1.807, 2.05) is 36.4 Å². The van der Waals surface area contributed by atoms with Crippen LogP contribution in [0.1, 0.15) is 27.9 Å². The maximum Gasteiger partial charge on any atom is 0.316 e. The molecular weight excluding hydrogens is 470 g/mol. The van der Waals surface area contributed by atoms with Crippen LogP contribution in [0.2, 0.25) is 0 Å². The van der Waals surface area contributed by atoms with Crippen LogP contribution in [0.4, 0.5) is 5.69 Å². The molecule has 186 valence electrons. The van der Waals surface area contributed by atoms with Crippen LogP contribution in [0, 0.1) is 24.0 Å². The zero-order valence-corrected chi connectivity index (χ0v) is 19.6. The molecule has 0 unspecified atom stereocenters. The first-order chi connectivity index (χ1) is 17.3. The number of amides is 2. The second kappa shape index (κ2) is 10.6. The third-order valence-corrected chi connectivity index (χ3v) is 5.30. The molecule has 0 saturated heterocycles. The van der Waals surface area contributed by atoms with Crippen molar-refractivity contribution in [3.05, 3.63) is 75.7 Å². The van der Waals surface area contributed by atoms with Gasteiger partial charge in [0.2, 0.25) is 0 Å². The minimum atomic E-state index is -0.616. The summed E-state index contributed by atoms with van der Waals surface area (Å²) < 4.78 is 11.9. The second-order valence-electron chi connectivity index (χ2n) is 7.85. The Morgan fingerprint density at radius 1 is 1.11 bits per heavy atom. The van der Waals surface area contributed by atoms with Gasteiger partial charge in [0, 0.05) is 13.1 Å². The molecule has 4 rings (SSSR count). The first kappa shape index (κ1) is 24.3. The Bertz CT molecular complexity index is 1430. The van der Waals surface area contributed by atoms with E-state index >= 15 is 0 Å². The molecule has 0 radical (unpaired) electrons. The van der Waals surface area contributed by atoms with Crippen molar-refractivity contribution < 1.29 is 23.8 Å². The highest BCUT2D eigenvalue weighted by Crippen LogP contribution is 2.22. The molecule has 0 saturated carbocycles. The summed E-state index contributed by atoms with van der Waals surface area (Å²) in [7, 11) is 0. The number of carbonyl (C=O) groups is 2. The van der Waals surface area contributed by atoms with Crippen LogP contribution in [0.3, 0.4) is 0 Å². The van der Waals surface area contributed by atoms with Gasteiger partial charge in [-0.2, -0.15) is 10.1 Å². The number of ether oxygens (including phenoxy) is 1. The van der Waals surface area contributed by atoms with Gasteiger partial charge in [0.1, 0.15) is 23.7 Å². The molecule has 0 fully saturated rings. The lowest BCUT2D eigenvalue weighted by molar-refractivity contribution is -0.386. The predicted molar refractivity (Wildman–Crippen MR) is 127 cm³/mol. The van der Waals surface area contributed by atoms with Gasteiger partial charge in [0.25, 0.3) is 5.91 Å². The molecule has 13 heteroatoms. The summed E-state index contributed by atoms with van der Waals surface area (Å²) in [5.74, 6) is -0.502. The van der Waals surface area contributed by atoms with E-state index in [9.17, 15) is 19.7 Å². The van der Waals surface area contributed by atoms with Crippen molar-refractivity contribution in [2.24, 2.45) is 0 Å². The number of nitro groups is 1. The van der Waals surface area contributed by atoms with E-state index in [2.05, 4.69) is 25.9 Å². The van der Waals surface area contributed by atoms with Crippen LogP contribution in [-0.2, 0) is 11.3 Å². The average Bonchev–Trinajstić information content (AvgIpc) is 3.44. The van der Waals surface area contributed by atoms with Crippen molar-refractivity contribution in [1.29, 1.82) is 0 Å². The van der Waals surface area contributed by atoms with Crippen molar-refractivity contribution in [3.63, 3.8) is 0 Å². The number of benzene rings is 2. The molecule has 0 atom stereocenters. The van der Waals surface area contributed by atoms with Crippen molar-refractivity contribution in [2.45, 2.75) is 20.4 Å². The standard InChI is InChI=1S/C23H23N7O6/c1-14-21(30(33)34)15(2)29(27-14)12-19-26-23(36-28-19)22(32)25-10-9-24-20(31)13-35-18-8-7-16-5-3-4-6-17(16)11-18/h3-8,11H,9-10,12-13H2,1-2H3,(H,24,31)(H,25,32). The lowest BCUT2D eigenvalue weighted by Crippen LogP contribution is -2.36. The zero-order chi connectivity index (χ0) is 25.7. The maximum atomic E-state index is 12.2. The summed E-state index contributed by atoms with van der Waals surface area (Å²) in [6.45, 7) is 3.23. The summed E-state index contributed by atoms with van der Waals surface area (Å²) in [5.41, 5.74) is 0.526.